The summed E-state index contributed by atoms with van der Waals surface area (Å²) in [6, 6.07) is 0.0845. The molecule has 0 amide bonds. The molecule has 0 aromatic heterocycles. The Labute approximate surface area is 87.9 Å². The van der Waals surface area contributed by atoms with E-state index in [1.807, 2.05) is 7.05 Å². The number of nitrogens with one attached hydrogen (secondary N) is 1. The van der Waals surface area contributed by atoms with Crippen molar-refractivity contribution in [3.63, 3.8) is 0 Å². The number of hydrogen-bond acceptors (Lipinski definition) is 3. The van der Waals surface area contributed by atoms with Gasteiger partial charge in [0.25, 0.3) is 0 Å². The molecule has 1 rings (SSSR count). The van der Waals surface area contributed by atoms with Crippen LogP contribution in [-0.2, 0) is 10.0 Å². The van der Waals surface area contributed by atoms with Crippen molar-refractivity contribution in [1.82, 2.24) is 9.62 Å². The Morgan fingerprint density at radius 2 is 2.31 bits per heavy atom. The molecule has 1 aliphatic rings. The maximum absolute atomic E-state index is 11.2. The maximum Gasteiger partial charge on any atom is 0.221 e. The second kappa shape index (κ2) is 4.72. The topological polar surface area (TPSA) is 49.4 Å². The summed E-state index contributed by atoms with van der Waals surface area (Å²) < 4.78 is 25.0. The number of likely N-dealkylation sites (tertiary alicyclic amines) is 1. The van der Waals surface area contributed by atoms with Crippen LogP contribution in [0.3, 0.4) is 0 Å². The first kappa shape index (κ1) is 11.4. The molecule has 78 valence electrons. The lowest BCUT2D eigenvalue weighted by Gasteiger charge is -2.29. The van der Waals surface area contributed by atoms with Gasteiger partial charge in [0.05, 0.1) is 0 Å². The van der Waals surface area contributed by atoms with Crippen molar-refractivity contribution >= 4 is 26.0 Å². The van der Waals surface area contributed by atoms with Crippen LogP contribution in [0.25, 0.3) is 0 Å². The van der Waals surface area contributed by atoms with E-state index in [0.717, 1.165) is 25.9 Å². The number of sulfonamides is 1. The SMILES string of the molecule is CN1CCCC(NS(=O)(=O)CBr)C1. The smallest absolute Gasteiger partial charge is 0.221 e. The van der Waals surface area contributed by atoms with Crippen LogP contribution in [0.5, 0.6) is 0 Å². The molecule has 1 heterocycles. The second-order valence-corrected chi connectivity index (χ2v) is 6.50. The average molecular weight is 271 g/mol. The molecule has 1 unspecified atom stereocenters. The molecular formula is C7H15BrN2O2S. The number of alkyl halides is 1. The molecule has 1 N–H and O–H groups in total. The number of likely N-dealkylation sites (N-methyl/N-ethyl adjacent to an activating group) is 1. The average Bonchev–Trinajstić information content (AvgIpc) is 2.03. The van der Waals surface area contributed by atoms with Crippen LogP contribution in [0.1, 0.15) is 12.8 Å². The number of nitrogens with zero attached hydrogens (tertiary/aromatic N) is 1. The Morgan fingerprint density at radius 3 is 2.85 bits per heavy atom. The maximum atomic E-state index is 11.2. The molecule has 1 fully saturated rings. The molecule has 0 aliphatic carbocycles. The minimum Gasteiger partial charge on any atom is -0.305 e. The van der Waals surface area contributed by atoms with Crippen molar-refractivity contribution < 1.29 is 8.42 Å². The van der Waals surface area contributed by atoms with Gasteiger partial charge in [-0.2, -0.15) is 0 Å². The Hall–Kier alpha value is 0.350. The summed E-state index contributed by atoms with van der Waals surface area (Å²) in [7, 11) is -1.09. The largest absolute Gasteiger partial charge is 0.305 e. The number of halogens is 1. The molecule has 1 saturated heterocycles. The van der Waals surface area contributed by atoms with Gasteiger partial charge in [-0.15, -0.1) is 0 Å². The van der Waals surface area contributed by atoms with Crippen LogP contribution < -0.4 is 4.72 Å². The fraction of sp³-hybridized carbons (Fsp3) is 1.00. The van der Waals surface area contributed by atoms with Crippen molar-refractivity contribution in [3.05, 3.63) is 0 Å². The Balaban J connectivity index is 2.45. The molecule has 0 saturated carbocycles. The van der Waals surface area contributed by atoms with E-state index in [0.29, 0.717) is 0 Å². The van der Waals surface area contributed by atoms with E-state index in [1.165, 1.54) is 0 Å². The predicted molar refractivity (Wildman–Crippen MR) is 56.4 cm³/mol. The molecule has 1 atom stereocenters. The van der Waals surface area contributed by atoms with E-state index in [4.69, 9.17) is 0 Å². The van der Waals surface area contributed by atoms with E-state index in [1.54, 1.807) is 0 Å². The summed E-state index contributed by atoms with van der Waals surface area (Å²) in [6.07, 6.45) is 2.00. The molecule has 13 heavy (non-hydrogen) atoms. The zero-order valence-corrected chi connectivity index (χ0v) is 10.1. The fourth-order valence-corrected chi connectivity index (χ4v) is 2.71. The summed E-state index contributed by atoms with van der Waals surface area (Å²) in [5.74, 6) is 0. The zero-order chi connectivity index (χ0) is 9.90. The van der Waals surface area contributed by atoms with Crippen molar-refractivity contribution in [1.29, 1.82) is 0 Å². The van der Waals surface area contributed by atoms with E-state index < -0.39 is 10.0 Å². The van der Waals surface area contributed by atoms with E-state index in [9.17, 15) is 8.42 Å². The Morgan fingerprint density at radius 1 is 1.62 bits per heavy atom. The molecular weight excluding hydrogens is 256 g/mol. The van der Waals surface area contributed by atoms with Crippen LogP contribution in [0.2, 0.25) is 0 Å². The molecule has 0 spiro atoms. The summed E-state index contributed by atoms with van der Waals surface area (Å²) in [6.45, 7) is 1.87. The van der Waals surface area contributed by atoms with Gasteiger partial charge >= 0.3 is 0 Å². The number of piperidine rings is 1. The van der Waals surface area contributed by atoms with Crippen molar-refractivity contribution in [2.75, 3.05) is 24.8 Å². The lowest BCUT2D eigenvalue weighted by molar-refractivity contribution is 0.242. The van der Waals surface area contributed by atoms with Gasteiger partial charge in [-0.05, 0) is 26.4 Å². The summed E-state index contributed by atoms with van der Waals surface area (Å²) in [5.41, 5.74) is 0. The number of hydrogen-bond donors (Lipinski definition) is 1. The minimum absolute atomic E-state index is 0.0137. The Kier molecular flexibility index (Phi) is 4.15. The van der Waals surface area contributed by atoms with Crippen LogP contribution >= 0.6 is 15.9 Å². The van der Waals surface area contributed by atoms with E-state index in [-0.39, 0.29) is 10.7 Å². The summed E-state index contributed by atoms with van der Waals surface area (Å²) in [5, 5.41) is 0. The third-order valence-electron chi connectivity index (χ3n) is 2.11. The predicted octanol–water partition coefficient (Wildman–Crippen LogP) is 0.352. The van der Waals surface area contributed by atoms with Gasteiger partial charge < -0.3 is 4.90 Å². The van der Waals surface area contributed by atoms with Crippen molar-refractivity contribution in [2.24, 2.45) is 0 Å². The van der Waals surface area contributed by atoms with Crippen LogP contribution in [-0.4, -0.2) is 44.2 Å². The molecule has 0 radical (unpaired) electrons. The monoisotopic (exact) mass is 270 g/mol. The molecule has 4 nitrogen and oxygen atoms in total. The standard InChI is InChI=1S/C7H15BrN2O2S/c1-10-4-2-3-7(5-10)9-13(11,12)6-8/h7,9H,2-6H2,1H3. The molecule has 1 aliphatic heterocycles. The lowest BCUT2D eigenvalue weighted by Crippen LogP contribution is -2.46. The lowest BCUT2D eigenvalue weighted by atomic mass is 10.1. The molecule has 0 bridgehead atoms. The molecule has 6 heteroatoms. The van der Waals surface area contributed by atoms with Gasteiger partial charge in [-0.25, -0.2) is 13.1 Å². The molecule has 0 aromatic rings. The molecule has 0 aromatic carbocycles. The van der Waals surface area contributed by atoms with Crippen LogP contribution in [0, 0.1) is 0 Å². The zero-order valence-electron chi connectivity index (χ0n) is 7.66. The van der Waals surface area contributed by atoms with Gasteiger partial charge in [-0.1, -0.05) is 15.9 Å². The third kappa shape index (κ3) is 3.93. The van der Waals surface area contributed by atoms with Gasteiger partial charge in [0.1, 0.15) is 4.66 Å². The third-order valence-corrected chi connectivity index (χ3v) is 4.90. The van der Waals surface area contributed by atoms with E-state index >= 15 is 0 Å². The first-order valence-electron chi connectivity index (χ1n) is 4.28. The van der Waals surface area contributed by atoms with Gasteiger partial charge in [0, 0.05) is 12.6 Å². The van der Waals surface area contributed by atoms with Gasteiger partial charge in [0.2, 0.25) is 10.0 Å². The highest BCUT2D eigenvalue weighted by Gasteiger charge is 2.21. The van der Waals surface area contributed by atoms with Crippen LogP contribution in [0.15, 0.2) is 0 Å². The van der Waals surface area contributed by atoms with Crippen molar-refractivity contribution in [2.45, 2.75) is 18.9 Å². The number of rotatable bonds is 3. The van der Waals surface area contributed by atoms with Crippen molar-refractivity contribution in [3.8, 4) is 0 Å². The first-order chi connectivity index (χ1) is 6.03. The van der Waals surface area contributed by atoms with Gasteiger partial charge in [-0.3, -0.25) is 0 Å². The van der Waals surface area contributed by atoms with Crippen LogP contribution in [0.4, 0.5) is 0 Å². The quantitative estimate of drug-likeness (QED) is 0.754. The second-order valence-electron chi connectivity index (χ2n) is 3.44. The van der Waals surface area contributed by atoms with Gasteiger partial charge in [0.15, 0.2) is 0 Å². The summed E-state index contributed by atoms with van der Waals surface area (Å²) in [4.78, 5) is 2.14. The highest BCUT2D eigenvalue weighted by Crippen LogP contribution is 2.09. The minimum atomic E-state index is -3.10. The highest BCUT2D eigenvalue weighted by atomic mass is 79.9. The van der Waals surface area contributed by atoms with E-state index in [2.05, 4.69) is 25.6 Å². The Bertz CT molecular complexity index is 255. The summed E-state index contributed by atoms with van der Waals surface area (Å²) >= 11 is 2.95. The normalized spacial score (nSPS) is 26.2. The fourth-order valence-electron chi connectivity index (χ4n) is 1.55. The highest BCUT2D eigenvalue weighted by molar-refractivity contribution is 9.10. The first-order valence-corrected chi connectivity index (χ1v) is 7.05.